The highest BCUT2D eigenvalue weighted by atomic mass is 16.6. The molecule has 0 saturated heterocycles. The minimum atomic E-state index is -1.26. The van der Waals surface area contributed by atoms with Crippen LogP contribution in [0.2, 0.25) is 0 Å². The third-order valence-corrected chi connectivity index (χ3v) is 15.3. The number of fused-ring (bicyclic) bond motifs is 11. The van der Waals surface area contributed by atoms with E-state index in [4.69, 9.17) is 23.4 Å². The molecule has 1 aromatic heterocycles. The van der Waals surface area contributed by atoms with E-state index in [2.05, 4.69) is 84.9 Å². The van der Waals surface area contributed by atoms with Gasteiger partial charge in [-0.2, -0.15) is 0 Å². The van der Waals surface area contributed by atoms with Crippen LogP contribution >= 0.6 is 0 Å². The molecule has 10 rings (SSSR count). The normalized spacial score (nSPS) is 25.4. The van der Waals surface area contributed by atoms with Crippen LogP contribution in [0.5, 0.6) is 5.75 Å². The quantitative estimate of drug-likeness (QED) is 0.0380. The van der Waals surface area contributed by atoms with Crippen LogP contribution in [0.3, 0.4) is 0 Å². The van der Waals surface area contributed by atoms with Crippen molar-refractivity contribution in [2.75, 3.05) is 26.6 Å². The molecule has 2 aliphatic carbocycles. The molecule has 3 N–H and O–H groups in total. The Morgan fingerprint density at radius 1 is 0.826 bits per heavy atom. The molecule has 7 atom stereocenters. The number of hydrogen-bond donors (Lipinski definition) is 3. The second-order valence-electron chi connectivity index (χ2n) is 19.7. The first kappa shape index (κ1) is 48.2. The van der Waals surface area contributed by atoms with Crippen molar-refractivity contribution in [3.8, 4) is 5.75 Å². The van der Waals surface area contributed by atoms with E-state index in [0.717, 1.165) is 49.7 Å². The molecule has 0 unspecified atom stereocenters. The number of esters is 2. The monoisotopic (exact) mass is 936 g/mol. The van der Waals surface area contributed by atoms with E-state index in [0.29, 0.717) is 41.5 Å². The predicted octanol–water partition coefficient (Wildman–Crippen LogP) is 9.83. The number of aliphatic hydroxyl groups excluding tert-OH is 3. The van der Waals surface area contributed by atoms with Gasteiger partial charge in [0.1, 0.15) is 23.7 Å². The van der Waals surface area contributed by atoms with Crippen molar-refractivity contribution in [1.29, 1.82) is 0 Å². The molecule has 1 saturated carbocycles. The van der Waals surface area contributed by atoms with Crippen LogP contribution in [-0.2, 0) is 36.6 Å². The third-order valence-electron chi connectivity index (χ3n) is 15.3. The SMILES string of the molecule is C/C(CO)=C1\CCc2ccc(cc2)[C@@H]2C=C[C@@H](c3cccc(Cc4ccccc4)c3)C[C@H]2CC(=O)O[C@@H]2c3c(ccc4cc([C@H](CCO)COCO)c(=O)oc34)O[C@@](C)(C3CCCCC3)[C@H]2OC1=O. The van der Waals surface area contributed by atoms with Crippen LogP contribution in [-0.4, -0.2) is 65.6 Å². The summed E-state index contributed by atoms with van der Waals surface area (Å²) in [5.74, 6) is -1.68. The summed E-state index contributed by atoms with van der Waals surface area (Å²) in [6, 6.07) is 32.8. The smallest absolute Gasteiger partial charge is 0.339 e. The number of carbonyl (C=O) groups excluding carboxylic acids is 2. The molecule has 0 amide bonds. The molecule has 5 aliphatic rings. The van der Waals surface area contributed by atoms with Gasteiger partial charge in [-0.15, -0.1) is 0 Å². The highest BCUT2D eigenvalue weighted by molar-refractivity contribution is 5.90. The van der Waals surface area contributed by atoms with Gasteiger partial charge in [-0.1, -0.05) is 110 Å². The lowest BCUT2D eigenvalue weighted by atomic mass is 9.71. The first-order chi connectivity index (χ1) is 33.6. The molecule has 362 valence electrons. The van der Waals surface area contributed by atoms with Gasteiger partial charge in [0.05, 0.1) is 18.8 Å². The maximum Gasteiger partial charge on any atom is 0.339 e. The fourth-order valence-electron chi connectivity index (χ4n) is 11.5. The number of carbonyl (C=O) groups is 2. The standard InChI is InChI=1S/C58H64O11/c1-36(33-60)47-23-18-37-16-19-40(20-17-37)48-24-21-42(41-13-9-12-39(29-41)28-38-10-5-3-6-11-38)30-45(48)32-51(62)66-54-52-50(69-58(2,55(54)68-56(47)63)46-14-7-4-8-15-46)25-22-43-31-49(57(64)67-53(43)52)44(26-27-59)34-65-35-61/h3,5-6,9-13,16-17,19-22,24-25,29,31,42,44-46,48,54-55,59-61H,4,7-8,14-15,18,23,26-28,30,32-35H2,1-2H3/b47-36-/t42-,44-,45+,48+,54-,55+,58+/m1/s1. The minimum Gasteiger partial charge on any atom is -0.483 e. The van der Waals surface area contributed by atoms with Crippen molar-refractivity contribution in [2.45, 2.75) is 120 Å². The summed E-state index contributed by atoms with van der Waals surface area (Å²) in [6.07, 6.45) is 9.17. The van der Waals surface area contributed by atoms with Crippen LogP contribution in [0.15, 0.2) is 130 Å². The summed E-state index contributed by atoms with van der Waals surface area (Å²) in [7, 11) is 0. The van der Waals surface area contributed by atoms with Gasteiger partial charge in [-0.05, 0) is 116 Å². The van der Waals surface area contributed by atoms with Crippen LogP contribution in [0.1, 0.15) is 134 Å². The van der Waals surface area contributed by atoms with Crippen LogP contribution < -0.4 is 10.4 Å². The Bertz CT molecular complexity index is 2730. The topological polar surface area (TPSA) is 162 Å². The van der Waals surface area contributed by atoms with Crippen molar-refractivity contribution in [1.82, 2.24) is 0 Å². The molecule has 5 aromatic rings. The lowest BCUT2D eigenvalue weighted by molar-refractivity contribution is -0.201. The molecule has 1 fully saturated rings. The lowest BCUT2D eigenvalue weighted by Gasteiger charge is -2.50. The average Bonchev–Trinajstić information content (AvgIpc) is 3.36. The summed E-state index contributed by atoms with van der Waals surface area (Å²) < 4.78 is 32.2. The third kappa shape index (κ3) is 10.4. The number of aryl methyl sites for hydroxylation is 1. The predicted molar refractivity (Wildman–Crippen MR) is 262 cm³/mol. The first-order valence-corrected chi connectivity index (χ1v) is 24.8. The molecule has 4 heterocycles. The van der Waals surface area contributed by atoms with E-state index < -0.39 is 48.1 Å². The average molecular weight is 937 g/mol. The van der Waals surface area contributed by atoms with Gasteiger partial charge in [-0.3, -0.25) is 4.79 Å². The van der Waals surface area contributed by atoms with E-state index in [1.54, 1.807) is 25.1 Å². The number of aliphatic hydroxyl groups is 3. The summed E-state index contributed by atoms with van der Waals surface area (Å²) in [6.45, 7) is 2.51. The maximum atomic E-state index is 15.1. The molecule has 3 aliphatic heterocycles. The van der Waals surface area contributed by atoms with E-state index >= 15 is 4.79 Å². The van der Waals surface area contributed by atoms with Crippen molar-refractivity contribution >= 4 is 22.9 Å². The van der Waals surface area contributed by atoms with Gasteiger partial charge < -0.3 is 38.7 Å². The molecule has 0 radical (unpaired) electrons. The molecular formula is C58H64O11. The zero-order valence-electron chi connectivity index (χ0n) is 39.6. The summed E-state index contributed by atoms with van der Waals surface area (Å²) in [4.78, 5) is 44.0. The fraction of sp³-hybridized carbons (Fsp3) is 0.431. The first-order valence-electron chi connectivity index (χ1n) is 24.8. The number of allylic oxidation sites excluding steroid dienone is 2. The summed E-state index contributed by atoms with van der Waals surface area (Å²) in [5, 5.41) is 30.3. The number of benzene rings is 4. The van der Waals surface area contributed by atoms with Crippen molar-refractivity contribution in [3.63, 3.8) is 0 Å². The highest BCUT2D eigenvalue weighted by Gasteiger charge is 2.56. The van der Waals surface area contributed by atoms with Gasteiger partial charge in [0.2, 0.25) is 0 Å². The van der Waals surface area contributed by atoms with Crippen molar-refractivity contribution in [3.05, 3.63) is 170 Å². The Morgan fingerprint density at radius 3 is 2.36 bits per heavy atom. The number of rotatable bonds is 11. The lowest BCUT2D eigenvalue weighted by Crippen LogP contribution is -2.58. The van der Waals surface area contributed by atoms with E-state index in [1.807, 2.05) is 13.0 Å². The largest absolute Gasteiger partial charge is 0.483 e. The number of hydrogen-bond acceptors (Lipinski definition) is 11. The van der Waals surface area contributed by atoms with E-state index in [9.17, 15) is 24.9 Å². The molecule has 11 heteroatoms. The van der Waals surface area contributed by atoms with Gasteiger partial charge in [0, 0.05) is 53.2 Å². The Balaban J connectivity index is 1.16. The molecule has 2 bridgehead atoms. The second kappa shape index (κ2) is 21.4. The van der Waals surface area contributed by atoms with E-state index in [1.165, 1.54) is 16.7 Å². The molecule has 0 spiro atoms. The van der Waals surface area contributed by atoms with Crippen molar-refractivity contribution in [2.24, 2.45) is 11.8 Å². The molecule has 69 heavy (non-hydrogen) atoms. The zero-order valence-corrected chi connectivity index (χ0v) is 39.6. The van der Waals surface area contributed by atoms with Crippen LogP contribution in [0.4, 0.5) is 0 Å². The van der Waals surface area contributed by atoms with Gasteiger partial charge in [-0.25, -0.2) is 9.59 Å². The van der Waals surface area contributed by atoms with Gasteiger partial charge >= 0.3 is 17.6 Å². The second-order valence-corrected chi connectivity index (χ2v) is 19.7. The highest BCUT2D eigenvalue weighted by Crippen LogP contribution is 2.52. The Morgan fingerprint density at radius 2 is 1.61 bits per heavy atom. The Labute approximate surface area is 403 Å². The van der Waals surface area contributed by atoms with Gasteiger partial charge in [0.25, 0.3) is 0 Å². The van der Waals surface area contributed by atoms with Crippen LogP contribution in [0.25, 0.3) is 11.0 Å². The van der Waals surface area contributed by atoms with Crippen LogP contribution in [0, 0.1) is 11.8 Å². The fourth-order valence-corrected chi connectivity index (χ4v) is 11.5. The Hall–Kier alpha value is -5.85. The Kier molecular flexibility index (Phi) is 15.0. The summed E-state index contributed by atoms with van der Waals surface area (Å²) in [5.41, 5.74) is 5.33. The summed E-state index contributed by atoms with van der Waals surface area (Å²) >= 11 is 0. The van der Waals surface area contributed by atoms with E-state index in [-0.39, 0.29) is 73.0 Å². The minimum absolute atomic E-state index is 0.0240. The van der Waals surface area contributed by atoms with Crippen molar-refractivity contribution < 1.29 is 48.3 Å². The van der Waals surface area contributed by atoms with Gasteiger partial charge in [0.15, 0.2) is 12.2 Å². The molecular weight excluding hydrogens is 873 g/mol. The molecule has 11 nitrogen and oxygen atoms in total. The maximum absolute atomic E-state index is 15.1. The number of ether oxygens (including phenoxy) is 4. The zero-order chi connectivity index (χ0) is 48.1. The molecule has 4 aromatic carbocycles.